The number of nitro benzene ring substituents is 1. The van der Waals surface area contributed by atoms with Crippen LogP contribution in [0.5, 0.6) is 0 Å². The van der Waals surface area contributed by atoms with Gasteiger partial charge in [-0.15, -0.1) is 0 Å². The van der Waals surface area contributed by atoms with E-state index in [4.69, 9.17) is 0 Å². The number of piperazine rings is 1. The number of quaternary nitrogens is 1. The van der Waals surface area contributed by atoms with Crippen molar-refractivity contribution in [1.29, 1.82) is 0 Å². The van der Waals surface area contributed by atoms with Gasteiger partial charge in [-0.05, 0) is 18.2 Å². The minimum atomic E-state index is -0.345. The third-order valence-electron chi connectivity index (χ3n) is 3.88. The average molecular weight is 273 g/mol. The SMILES string of the molecule is C[NH+]1CCN(c2ccc([N+](=O)[O-])c3cccnc23)CC1. The molecule has 1 aliphatic heterocycles. The standard InChI is InChI=1S/C14H16N4O2/c1-16-7-9-17(10-8-16)13-5-4-12(18(19)20)11-3-2-6-15-14(11)13/h2-6H,7-10H2,1H3/p+1. The minimum absolute atomic E-state index is 0.122. The molecule has 0 amide bonds. The Hall–Kier alpha value is -2.21. The number of non-ortho nitro benzene ring substituents is 1. The Morgan fingerprint density at radius 2 is 2.05 bits per heavy atom. The van der Waals surface area contributed by atoms with Gasteiger partial charge in [0.15, 0.2) is 0 Å². The van der Waals surface area contributed by atoms with Crippen LogP contribution in [0.1, 0.15) is 0 Å². The van der Waals surface area contributed by atoms with Crippen LogP contribution in [0, 0.1) is 10.1 Å². The third-order valence-corrected chi connectivity index (χ3v) is 3.88. The average Bonchev–Trinajstić information content (AvgIpc) is 2.47. The highest BCUT2D eigenvalue weighted by atomic mass is 16.6. The van der Waals surface area contributed by atoms with Gasteiger partial charge in [-0.3, -0.25) is 15.1 Å². The topological polar surface area (TPSA) is 63.7 Å². The Bertz CT molecular complexity index is 651. The lowest BCUT2D eigenvalue weighted by Gasteiger charge is -2.32. The first-order valence-corrected chi connectivity index (χ1v) is 6.75. The number of hydrogen-bond acceptors (Lipinski definition) is 4. The first-order chi connectivity index (χ1) is 9.66. The van der Waals surface area contributed by atoms with E-state index in [2.05, 4.69) is 16.9 Å². The first kappa shape index (κ1) is 12.8. The van der Waals surface area contributed by atoms with E-state index in [0.717, 1.165) is 37.4 Å². The zero-order chi connectivity index (χ0) is 14.1. The second kappa shape index (κ2) is 5.05. The zero-order valence-electron chi connectivity index (χ0n) is 11.4. The highest BCUT2D eigenvalue weighted by Crippen LogP contribution is 2.31. The van der Waals surface area contributed by atoms with Gasteiger partial charge in [-0.2, -0.15) is 0 Å². The molecule has 104 valence electrons. The van der Waals surface area contributed by atoms with E-state index >= 15 is 0 Å². The van der Waals surface area contributed by atoms with Crippen LogP contribution in [0.15, 0.2) is 30.5 Å². The number of pyridine rings is 1. The van der Waals surface area contributed by atoms with Crippen molar-refractivity contribution in [3.8, 4) is 0 Å². The molecule has 0 aliphatic carbocycles. The molecule has 1 N–H and O–H groups in total. The minimum Gasteiger partial charge on any atom is -0.358 e. The highest BCUT2D eigenvalue weighted by Gasteiger charge is 2.22. The molecule has 2 heterocycles. The maximum absolute atomic E-state index is 11.1. The smallest absolute Gasteiger partial charge is 0.278 e. The molecule has 0 radical (unpaired) electrons. The van der Waals surface area contributed by atoms with Crippen molar-refractivity contribution >= 4 is 22.3 Å². The molecule has 6 heteroatoms. The van der Waals surface area contributed by atoms with Gasteiger partial charge in [0.25, 0.3) is 5.69 Å². The van der Waals surface area contributed by atoms with E-state index in [-0.39, 0.29) is 10.6 Å². The molecule has 3 rings (SSSR count). The van der Waals surface area contributed by atoms with Gasteiger partial charge in [-0.25, -0.2) is 0 Å². The summed E-state index contributed by atoms with van der Waals surface area (Å²) in [7, 11) is 2.18. The van der Waals surface area contributed by atoms with Crippen LogP contribution in [-0.4, -0.2) is 43.1 Å². The largest absolute Gasteiger partial charge is 0.358 e. The number of nitrogens with zero attached hydrogens (tertiary/aromatic N) is 3. The van der Waals surface area contributed by atoms with Crippen molar-refractivity contribution in [2.24, 2.45) is 0 Å². The van der Waals surface area contributed by atoms with Crippen molar-refractivity contribution in [2.45, 2.75) is 0 Å². The fourth-order valence-corrected chi connectivity index (χ4v) is 2.69. The monoisotopic (exact) mass is 273 g/mol. The van der Waals surface area contributed by atoms with Gasteiger partial charge < -0.3 is 9.80 Å². The quantitative estimate of drug-likeness (QED) is 0.638. The number of nitrogens with one attached hydrogen (secondary N) is 1. The second-order valence-electron chi connectivity index (χ2n) is 5.20. The van der Waals surface area contributed by atoms with Crippen molar-refractivity contribution in [1.82, 2.24) is 4.98 Å². The van der Waals surface area contributed by atoms with Crippen LogP contribution in [0.3, 0.4) is 0 Å². The van der Waals surface area contributed by atoms with Gasteiger partial charge in [0, 0.05) is 12.3 Å². The summed E-state index contributed by atoms with van der Waals surface area (Å²) in [4.78, 5) is 18.9. The molecule has 1 aliphatic rings. The summed E-state index contributed by atoms with van der Waals surface area (Å²) in [5.74, 6) is 0. The van der Waals surface area contributed by atoms with Crippen LogP contribution < -0.4 is 9.80 Å². The first-order valence-electron chi connectivity index (χ1n) is 6.75. The number of rotatable bonds is 2. The van der Waals surface area contributed by atoms with Gasteiger partial charge in [0.1, 0.15) is 5.52 Å². The van der Waals surface area contributed by atoms with Crippen LogP contribution in [0.2, 0.25) is 0 Å². The lowest BCUT2D eigenvalue weighted by molar-refractivity contribution is -0.880. The van der Waals surface area contributed by atoms with Gasteiger partial charge in [-0.1, -0.05) is 0 Å². The van der Waals surface area contributed by atoms with E-state index in [1.807, 2.05) is 6.07 Å². The van der Waals surface area contributed by atoms with E-state index in [0.29, 0.717) is 5.39 Å². The van der Waals surface area contributed by atoms with E-state index in [1.54, 1.807) is 24.4 Å². The normalized spacial score (nSPS) is 16.6. The molecule has 0 atom stereocenters. The van der Waals surface area contributed by atoms with Crippen LogP contribution in [0.4, 0.5) is 11.4 Å². The molecule has 1 aromatic heterocycles. The molecule has 0 saturated carbocycles. The fraction of sp³-hybridized carbons (Fsp3) is 0.357. The Kier molecular flexibility index (Phi) is 3.23. The summed E-state index contributed by atoms with van der Waals surface area (Å²) in [5, 5.41) is 11.7. The van der Waals surface area contributed by atoms with Gasteiger partial charge >= 0.3 is 0 Å². The lowest BCUT2D eigenvalue weighted by atomic mass is 10.1. The summed E-state index contributed by atoms with van der Waals surface area (Å²) in [6.07, 6.45) is 1.69. The van der Waals surface area contributed by atoms with Gasteiger partial charge in [0.2, 0.25) is 0 Å². The van der Waals surface area contributed by atoms with Crippen LogP contribution in [-0.2, 0) is 0 Å². The van der Waals surface area contributed by atoms with E-state index in [1.165, 1.54) is 4.90 Å². The number of anilines is 1. The molecule has 0 bridgehead atoms. The summed E-state index contributed by atoms with van der Waals surface area (Å²) < 4.78 is 0. The summed E-state index contributed by atoms with van der Waals surface area (Å²) >= 11 is 0. The number of fused-ring (bicyclic) bond motifs is 1. The second-order valence-corrected chi connectivity index (χ2v) is 5.20. The number of hydrogen-bond donors (Lipinski definition) is 1. The number of likely N-dealkylation sites (N-methyl/N-ethyl adjacent to an activating group) is 1. The zero-order valence-corrected chi connectivity index (χ0v) is 11.4. The Morgan fingerprint density at radius 1 is 1.30 bits per heavy atom. The number of nitro groups is 1. The molecule has 1 aromatic carbocycles. The predicted octanol–water partition coefficient (Wildman–Crippen LogP) is 0.478. The molecule has 2 aromatic rings. The molecule has 0 spiro atoms. The summed E-state index contributed by atoms with van der Waals surface area (Å²) in [6.45, 7) is 4.06. The maximum Gasteiger partial charge on any atom is 0.278 e. The van der Waals surface area contributed by atoms with Crippen molar-refractivity contribution in [3.63, 3.8) is 0 Å². The van der Waals surface area contributed by atoms with E-state index < -0.39 is 0 Å². The molecule has 6 nitrogen and oxygen atoms in total. The Morgan fingerprint density at radius 3 is 2.75 bits per heavy atom. The van der Waals surface area contributed by atoms with Gasteiger partial charge in [0.05, 0.1) is 49.2 Å². The third kappa shape index (κ3) is 2.18. The van der Waals surface area contributed by atoms with E-state index in [9.17, 15) is 10.1 Å². The summed E-state index contributed by atoms with van der Waals surface area (Å²) in [6, 6.07) is 6.93. The Balaban J connectivity index is 2.08. The van der Waals surface area contributed by atoms with Crippen molar-refractivity contribution < 1.29 is 9.82 Å². The molecular formula is C14H17N4O2+. The molecule has 20 heavy (non-hydrogen) atoms. The number of aromatic nitrogens is 1. The fourth-order valence-electron chi connectivity index (χ4n) is 2.69. The van der Waals surface area contributed by atoms with Crippen LogP contribution >= 0.6 is 0 Å². The molecule has 1 saturated heterocycles. The molecular weight excluding hydrogens is 256 g/mol. The van der Waals surface area contributed by atoms with Crippen molar-refractivity contribution in [2.75, 3.05) is 38.1 Å². The molecule has 0 unspecified atom stereocenters. The van der Waals surface area contributed by atoms with Crippen LogP contribution in [0.25, 0.3) is 10.9 Å². The summed E-state index contributed by atoms with van der Waals surface area (Å²) in [5.41, 5.74) is 1.84. The highest BCUT2D eigenvalue weighted by molar-refractivity contribution is 5.97. The van der Waals surface area contributed by atoms with Crippen molar-refractivity contribution in [3.05, 3.63) is 40.6 Å². The number of benzene rings is 1. The maximum atomic E-state index is 11.1. The predicted molar refractivity (Wildman–Crippen MR) is 77.2 cm³/mol. The Labute approximate surface area is 116 Å². The lowest BCUT2D eigenvalue weighted by Crippen LogP contribution is -3.12. The molecule has 1 fully saturated rings.